The van der Waals surface area contributed by atoms with E-state index in [1.165, 1.54) is 17.3 Å². The highest BCUT2D eigenvalue weighted by Crippen LogP contribution is 2.29. The number of hydrogen-bond donors (Lipinski definition) is 0. The molecule has 0 bridgehead atoms. The second-order valence-electron chi connectivity index (χ2n) is 5.12. The van der Waals surface area contributed by atoms with Crippen molar-refractivity contribution in [1.82, 2.24) is 14.9 Å². The van der Waals surface area contributed by atoms with E-state index in [9.17, 15) is 4.79 Å². The van der Waals surface area contributed by atoms with Crippen molar-refractivity contribution in [2.45, 2.75) is 13.8 Å². The van der Waals surface area contributed by atoms with E-state index in [-0.39, 0.29) is 5.91 Å². The maximum absolute atomic E-state index is 12.6. The molecule has 1 aliphatic heterocycles. The Kier molecular flexibility index (Phi) is 3.06. The highest BCUT2D eigenvalue weighted by Gasteiger charge is 2.34. The van der Waals surface area contributed by atoms with Gasteiger partial charge < -0.3 is 4.90 Å². The van der Waals surface area contributed by atoms with E-state index in [0.29, 0.717) is 18.2 Å². The molecule has 3 rings (SSSR count). The van der Waals surface area contributed by atoms with Crippen LogP contribution in [0.5, 0.6) is 0 Å². The Bertz CT molecular complexity index is 660. The van der Waals surface area contributed by atoms with Crippen molar-refractivity contribution in [1.29, 1.82) is 0 Å². The lowest BCUT2D eigenvalue weighted by Crippen LogP contribution is -2.33. The monoisotopic (exact) mass is 269 g/mol. The molecule has 1 aliphatic rings. The zero-order valence-electron chi connectivity index (χ0n) is 11.4. The van der Waals surface area contributed by atoms with Gasteiger partial charge in [-0.15, -0.1) is 10.2 Å². The third kappa shape index (κ3) is 2.09. The van der Waals surface area contributed by atoms with Gasteiger partial charge in [0.2, 0.25) is 0 Å². The second kappa shape index (κ2) is 4.88. The first kappa shape index (κ1) is 12.5. The van der Waals surface area contributed by atoms with Crippen molar-refractivity contribution in [3.8, 4) is 0 Å². The average molecular weight is 269 g/mol. The SMILES string of the molecule is CC(C)CN1C(=O)C(=Nn2cnnc2)c2ccccc21. The van der Waals surface area contributed by atoms with Crippen molar-refractivity contribution in [3.05, 3.63) is 42.5 Å². The standard InChI is InChI=1S/C14H15N5O/c1-10(2)7-19-12-6-4-3-5-11(12)13(14(19)20)17-18-8-15-16-9-18/h3-6,8-10H,7H2,1-2H3. The predicted molar refractivity (Wildman–Crippen MR) is 75.6 cm³/mol. The molecule has 1 aromatic heterocycles. The average Bonchev–Trinajstić information content (AvgIpc) is 3.02. The number of carbonyl (C=O) groups excluding carboxylic acids is 1. The molecule has 0 saturated carbocycles. The van der Waals surface area contributed by atoms with Crippen molar-refractivity contribution in [2.24, 2.45) is 11.0 Å². The van der Waals surface area contributed by atoms with E-state index in [2.05, 4.69) is 29.1 Å². The van der Waals surface area contributed by atoms with Crippen molar-refractivity contribution in [3.63, 3.8) is 0 Å². The lowest BCUT2D eigenvalue weighted by Gasteiger charge is -2.18. The van der Waals surface area contributed by atoms with Gasteiger partial charge in [-0.25, -0.2) is 4.68 Å². The summed E-state index contributed by atoms with van der Waals surface area (Å²) < 4.78 is 1.45. The topological polar surface area (TPSA) is 63.4 Å². The molecule has 0 atom stereocenters. The van der Waals surface area contributed by atoms with Gasteiger partial charge in [-0.1, -0.05) is 32.0 Å². The molecule has 102 valence electrons. The number of carbonyl (C=O) groups is 1. The van der Waals surface area contributed by atoms with E-state index < -0.39 is 0 Å². The van der Waals surface area contributed by atoms with Gasteiger partial charge >= 0.3 is 0 Å². The van der Waals surface area contributed by atoms with E-state index in [1.54, 1.807) is 4.90 Å². The number of fused-ring (bicyclic) bond motifs is 1. The van der Waals surface area contributed by atoms with Crippen LogP contribution < -0.4 is 4.90 Å². The first-order valence-corrected chi connectivity index (χ1v) is 6.51. The first-order valence-electron chi connectivity index (χ1n) is 6.51. The van der Waals surface area contributed by atoms with Crippen LogP contribution in [0.25, 0.3) is 0 Å². The van der Waals surface area contributed by atoms with Gasteiger partial charge in [0, 0.05) is 12.1 Å². The van der Waals surface area contributed by atoms with Gasteiger partial charge in [-0.3, -0.25) is 4.79 Å². The summed E-state index contributed by atoms with van der Waals surface area (Å²) in [5.41, 5.74) is 2.20. The number of para-hydroxylation sites is 1. The zero-order chi connectivity index (χ0) is 14.1. The lowest BCUT2D eigenvalue weighted by molar-refractivity contribution is -0.112. The Morgan fingerprint density at radius 2 is 1.90 bits per heavy atom. The largest absolute Gasteiger partial charge is 0.306 e. The van der Waals surface area contributed by atoms with Crippen molar-refractivity contribution < 1.29 is 4.79 Å². The molecular weight excluding hydrogens is 254 g/mol. The van der Waals surface area contributed by atoms with E-state index in [0.717, 1.165) is 11.3 Å². The van der Waals surface area contributed by atoms with Crippen LogP contribution in [0, 0.1) is 5.92 Å². The first-order chi connectivity index (χ1) is 9.66. The minimum atomic E-state index is -0.0754. The minimum absolute atomic E-state index is 0.0754. The van der Waals surface area contributed by atoms with Gasteiger partial charge in [0.25, 0.3) is 5.91 Å². The Morgan fingerprint density at radius 1 is 1.20 bits per heavy atom. The maximum atomic E-state index is 12.6. The molecule has 0 fully saturated rings. The normalized spacial score (nSPS) is 16.2. The summed E-state index contributed by atoms with van der Waals surface area (Å²) in [7, 11) is 0. The van der Waals surface area contributed by atoms with Crippen LogP contribution >= 0.6 is 0 Å². The zero-order valence-corrected chi connectivity index (χ0v) is 11.4. The van der Waals surface area contributed by atoms with Crippen LogP contribution in [-0.2, 0) is 4.79 Å². The summed E-state index contributed by atoms with van der Waals surface area (Å²) in [6, 6.07) is 7.70. The molecule has 0 spiro atoms. The number of rotatable bonds is 3. The Hall–Kier alpha value is -2.50. The van der Waals surface area contributed by atoms with Crippen LogP contribution in [0.15, 0.2) is 42.0 Å². The smallest absolute Gasteiger partial charge is 0.279 e. The molecule has 6 heteroatoms. The van der Waals surface area contributed by atoms with Gasteiger partial charge in [0.05, 0.1) is 5.69 Å². The predicted octanol–water partition coefficient (Wildman–Crippen LogP) is 1.53. The fraction of sp³-hybridized carbons (Fsp3) is 0.286. The van der Waals surface area contributed by atoms with Crippen LogP contribution in [0.2, 0.25) is 0 Å². The molecule has 0 unspecified atom stereocenters. The summed E-state index contributed by atoms with van der Waals surface area (Å²) >= 11 is 0. The van der Waals surface area contributed by atoms with Crippen LogP contribution in [-0.4, -0.2) is 33.0 Å². The van der Waals surface area contributed by atoms with Gasteiger partial charge in [-0.2, -0.15) is 5.10 Å². The maximum Gasteiger partial charge on any atom is 0.279 e. The molecule has 1 aromatic carbocycles. The van der Waals surface area contributed by atoms with Crippen molar-refractivity contribution >= 4 is 17.3 Å². The van der Waals surface area contributed by atoms with E-state index >= 15 is 0 Å². The number of hydrogen-bond acceptors (Lipinski definition) is 4. The molecule has 0 saturated heterocycles. The molecule has 0 N–H and O–H groups in total. The third-order valence-corrected chi connectivity index (χ3v) is 3.07. The molecule has 2 heterocycles. The fourth-order valence-electron chi connectivity index (χ4n) is 2.27. The Morgan fingerprint density at radius 3 is 2.60 bits per heavy atom. The highest BCUT2D eigenvalue weighted by atomic mass is 16.2. The molecule has 1 amide bonds. The van der Waals surface area contributed by atoms with E-state index in [1.807, 2.05) is 24.3 Å². The number of amides is 1. The highest BCUT2D eigenvalue weighted by molar-refractivity contribution is 6.54. The number of nitrogens with zero attached hydrogens (tertiary/aromatic N) is 5. The molecule has 0 aliphatic carbocycles. The summed E-state index contributed by atoms with van der Waals surface area (Å²) in [4.78, 5) is 14.3. The molecule has 20 heavy (non-hydrogen) atoms. The van der Waals surface area contributed by atoms with Gasteiger partial charge in [-0.05, 0) is 12.0 Å². The Balaban J connectivity index is 2.07. The van der Waals surface area contributed by atoms with Crippen LogP contribution in [0.3, 0.4) is 0 Å². The van der Waals surface area contributed by atoms with Crippen LogP contribution in [0.4, 0.5) is 5.69 Å². The summed E-state index contributed by atoms with van der Waals surface area (Å²) in [6.07, 6.45) is 2.93. The van der Waals surface area contributed by atoms with E-state index in [4.69, 9.17) is 0 Å². The van der Waals surface area contributed by atoms with Crippen LogP contribution in [0.1, 0.15) is 19.4 Å². The molecule has 2 aromatic rings. The third-order valence-electron chi connectivity index (χ3n) is 3.07. The summed E-state index contributed by atoms with van der Waals surface area (Å²) in [6.45, 7) is 4.85. The molecule has 0 radical (unpaired) electrons. The second-order valence-corrected chi connectivity index (χ2v) is 5.12. The number of benzene rings is 1. The van der Waals surface area contributed by atoms with Gasteiger partial charge in [0.1, 0.15) is 12.7 Å². The number of aromatic nitrogens is 3. The quantitative estimate of drug-likeness (QED) is 0.849. The van der Waals surface area contributed by atoms with Crippen molar-refractivity contribution in [2.75, 3.05) is 11.4 Å². The lowest BCUT2D eigenvalue weighted by atomic mass is 10.1. The van der Waals surface area contributed by atoms with Gasteiger partial charge in [0.15, 0.2) is 5.71 Å². The number of anilines is 1. The molecular formula is C14H15N5O. The summed E-state index contributed by atoms with van der Waals surface area (Å²) in [5.74, 6) is 0.315. The molecule has 6 nitrogen and oxygen atoms in total. The Labute approximate surface area is 116 Å². The minimum Gasteiger partial charge on any atom is -0.306 e. The fourth-order valence-corrected chi connectivity index (χ4v) is 2.27. The summed E-state index contributed by atoms with van der Waals surface area (Å²) in [5, 5.41) is 11.7.